The third-order valence-electron chi connectivity index (χ3n) is 5.98. The molecule has 2 aliphatic heterocycles. The van der Waals surface area contributed by atoms with Gasteiger partial charge in [0.15, 0.2) is 0 Å². The first-order valence-corrected chi connectivity index (χ1v) is 10.7. The third-order valence-corrected chi connectivity index (χ3v) is 5.98. The Bertz CT molecular complexity index is 1170. The molecule has 1 fully saturated rings. The van der Waals surface area contributed by atoms with E-state index < -0.39 is 35.2 Å². The van der Waals surface area contributed by atoms with Crippen molar-refractivity contribution in [2.45, 2.75) is 24.6 Å². The first-order chi connectivity index (χ1) is 16.6. The maximum absolute atomic E-state index is 12.6. The standard InChI is InChI=1S/C24H22F3N3O5/c1-34-17-6-7-19-18(14-17)23(35-22(33)29-19)10-12-30(13-11-23)21(32)9-8-20(31)28-16-4-2-15(3-5-16)24(25,26)27/h2-9,14H,10-13H2,1H3,(H,28,31)(H,29,33). The van der Waals surface area contributed by atoms with Crippen LogP contribution in [0.25, 0.3) is 0 Å². The largest absolute Gasteiger partial charge is 0.497 e. The molecule has 4 rings (SSSR count). The van der Waals surface area contributed by atoms with Crippen LogP contribution < -0.4 is 15.4 Å². The van der Waals surface area contributed by atoms with Crippen LogP contribution in [0.5, 0.6) is 5.75 Å². The first kappa shape index (κ1) is 24.1. The van der Waals surface area contributed by atoms with Crippen molar-refractivity contribution in [3.8, 4) is 5.75 Å². The Morgan fingerprint density at radius 2 is 1.80 bits per heavy atom. The lowest BCUT2D eigenvalue weighted by molar-refractivity contribution is -0.137. The molecular weight excluding hydrogens is 467 g/mol. The number of nitrogens with one attached hydrogen (secondary N) is 2. The zero-order valence-electron chi connectivity index (χ0n) is 18.6. The van der Waals surface area contributed by atoms with Gasteiger partial charge in [0.25, 0.3) is 0 Å². The molecule has 184 valence electrons. The van der Waals surface area contributed by atoms with Gasteiger partial charge in [0.1, 0.15) is 11.4 Å². The third kappa shape index (κ3) is 5.23. The number of carbonyl (C=O) groups excluding carboxylic acids is 3. The molecule has 0 atom stereocenters. The van der Waals surface area contributed by atoms with Gasteiger partial charge in [-0.3, -0.25) is 14.9 Å². The molecule has 2 aliphatic rings. The monoisotopic (exact) mass is 489 g/mol. The summed E-state index contributed by atoms with van der Waals surface area (Å²) < 4.78 is 48.9. The van der Waals surface area contributed by atoms with Crippen LogP contribution in [0.15, 0.2) is 54.6 Å². The number of hydrogen-bond donors (Lipinski definition) is 2. The highest BCUT2D eigenvalue weighted by molar-refractivity contribution is 6.03. The number of rotatable bonds is 4. The normalized spacial score (nSPS) is 16.9. The zero-order valence-corrected chi connectivity index (χ0v) is 18.6. The summed E-state index contributed by atoms with van der Waals surface area (Å²) in [6.45, 7) is 0.571. The minimum atomic E-state index is -4.47. The van der Waals surface area contributed by atoms with E-state index in [0.29, 0.717) is 24.3 Å². The van der Waals surface area contributed by atoms with Crippen molar-refractivity contribution in [2.75, 3.05) is 30.8 Å². The predicted octanol–water partition coefficient (Wildman–Crippen LogP) is 4.29. The quantitative estimate of drug-likeness (QED) is 0.625. The fourth-order valence-corrected chi connectivity index (χ4v) is 4.14. The van der Waals surface area contributed by atoms with Gasteiger partial charge < -0.3 is 19.7 Å². The van der Waals surface area contributed by atoms with Crippen LogP contribution in [0.4, 0.5) is 29.3 Å². The number of likely N-dealkylation sites (tertiary alicyclic amines) is 1. The summed E-state index contributed by atoms with van der Waals surface area (Å²) in [6, 6.07) is 9.26. The Balaban J connectivity index is 1.36. The fourth-order valence-electron chi connectivity index (χ4n) is 4.14. The molecule has 0 unspecified atom stereocenters. The van der Waals surface area contributed by atoms with E-state index in [1.165, 1.54) is 12.0 Å². The summed E-state index contributed by atoms with van der Waals surface area (Å²) in [5, 5.41) is 5.08. The van der Waals surface area contributed by atoms with E-state index in [1.807, 2.05) is 0 Å². The summed E-state index contributed by atoms with van der Waals surface area (Å²) in [5.41, 5.74) is -0.157. The molecule has 8 nitrogen and oxygen atoms in total. The second kappa shape index (κ2) is 9.32. The predicted molar refractivity (Wildman–Crippen MR) is 120 cm³/mol. The Morgan fingerprint density at radius 1 is 1.11 bits per heavy atom. The molecule has 2 N–H and O–H groups in total. The molecule has 1 spiro atoms. The van der Waals surface area contributed by atoms with Gasteiger partial charge in [-0.2, -0.15) is 13.2 Å². The second-order valence-corrected chi connectivity index (χ2v) is 8.14. The van der Waals surface area contributed by atoms with Crippen molar-refractivity contribution < 1.29 is 37.0 Å². The van der Waals surface area contributed by atoms with E-state index in [9.17, 15) is 27.6 Å². The number of ether oxygens (including phenoxy) is 2. The van der Waals surface area contributed by atoms with Crippen molar-refractivity contribution in [1.29, 1.82) is 0 Å². The van der Waals surface area contributed by atoms with Gasteiger partial charge in [0.05, 0.1) is 18.4 Å². The number of halogens is 3. The average molecular weight is 489 g/mol. The maximum Gasteiger partial charge on any atom is 0.416 e. The van der Waals surface area contributed by atoms with E-state index in [-0.39, 0.29) is 18.8 Å². The van der Waals surface area contributed by atoms with Crippen molar-refractivity contribution in [3.05, 3.63) is 65.7 Å². The molecule has 35 heavy (non-hydrogen) atoms. The number of amides is 3. The molecule has 1 saturated heterocycles. The number of benzene rings is 2. The van der Waals surface area contributed by atoms with Gasteiger partial charge in [-0.15, -0.1) is 0 Å². The highest BCUT2D eigenvalue weighted by Crippen LogP contribution is 2.44. The molecule has 0 bridgehead atoms. The number of nitrogens with zero attached hydrogens (tertiary/aromatic N) is 1. The number of hydrogen-bond acceptors (Lipinski definition) is 5. The van der Waals surface area contributed by atoms with E-state index in [1.54, 1.807) is 18.2 Å². The van der Waals surface area contributed by atoms with Crippen LogP contribution in [0, 0.1) is 0 Å². The summed E-state index contributed by atoms with van der Waals surface area (Å²) >= 11 is 0. The van der Waals surface area contributed by atoms with Gasteiger partial charge in [-0.1, -0.05) is 0 Å². The number of methoxy groups -OCH3 is 1. The van der Waals surface area contributed by atoms with Gasteiger partial charge in [0.2, 0.25) is 11.8 Å². The highest BCUT2D eigenvalue weighted by Gasteiger charge is 2.45. The molecule has 2 aromatic rings. The number of alkyl halides is 3. The number of fused-ring (bicyclic) bond motifs is 2. The van der Waals surface area contributed by atoms with Crippen molar-refractivity contribution in [1.82, 2.24) is 4.90 Å². The van der Waals surface area contributed by atoms with Crippen LogP contribution in [0.1, 0.15) is 24.0 Å². The van der Waals surface area contributed by atoms with Crippen LogP contribution >= 0.6 is 0 Å². The Hall–Kier alpha value is -4.02. The number of carbonyl (C=O) groups is 3. The van der Waals surface area contributed by atoms with Crippen LogP contribution in [0.3, 0.4) is 0 Å². The molecule has 2 aromatic carbocycles. The van der Waals surface area contributed by atoms with Gasteiger partial charge in [-0.25, -0.2) is 4.79 Å². The molecule has 2 heterocycles. The summed E-state index contributed by atoms with van der Waals surface area (Å²) in [6.07, 6.45) is -2.20. The average Bonchev–Trinajstić information content (AvgIpc) is 2.82. The molecular formula is C24H22F3N3O5. The zero-order chi connectivity index (χ0) is 25.2. The molecule has 0 aliphatic carbocycles. The van der Waals surface area contributed by atoms with E-state index >= 15 is 0 Å². The topological polar surface area (TPSA) is 97.0 Å². The Kier molecular flexibility index (Phi) is 6.42. The van der Waals surface area contributed by atoms with Crippen molar-refractivity contribution >= 4 is 29.3 Å². The SMILES string of the molecule is COc1ccc2c(c1)C1(CCN(C(=O)C=CC(=O)Nc3ccc(C(F)(F)F)cc3)CC1)OC(=O)N2. The van der Waals surface area contributed by atoms with Crippen LogP contribution in [-0.4, -0.2) is 43.0 Å². The molecule has 0 saturated carbocycles. The Labute approximate surface area is 198 Å². The van der Waals surface area contributed by atoms with Crippen LogP contribution in [-0.2, 0) is 26.1 Å². The molecule has 3 amide bonds. The fraction of sp³-hybridized carbons (Fsp3) is 0.292. The number of anilines is 2. The lowest BCUT2D eigenvalue weighted by Gasteiger charge is -2.44. The highest BCUT2D eigenvalue weighted by atomic mass is 19.4. The number of piperidine rings is 1. The minimum absolute atomic E-state index is 0.168. The molecule has 0 aromatic heterocycles. The summed E-state index contributed by atoms with van der Waals surface area (Å²) in [5.74, 6) is -0.447. The molecule has 0 radical (unpaired) electrons. The van der Waals surface area contributed by atoms with Crippen molar-refractivity contribution in [2.24, 2.45) is 0 Å². The van der Waals surface area contributed by atoms with Crippen LogP contribution in [0.2, 0.25) is 0 Å². The van der Waals surface area contributed by atoms with E-state index in [4.69, 9.17) is 9.47 Å². The molecule has 11 heteroatoms. The lowest BCUT2D eigenvalue weighted by Crippen LogP contribution is -2.49. The summed E-state index contributed by atoms with van der Waals surface area (Å²) in [4.78, 5) is 38.3. The van der Waals surface area contributed by atoms with Gasteiger partial charge in [0, 0.05) is 49.3 Å². The van der Waals surface area contributed by atoms with Crippen molar-refractivity contribution in [3.63, 3.8) is 0 Å². The van der Waals surface area contributed by atoms with E-state index in [0.717, 1.165) is 42.0 Å². The van der Waals surface area contributed by atoms with Gasteiger partial charge in [-0.05, 0) is 42.5 Å². The Morgan fingerprint density at radius 3 is 2.43 bits per heavy atom. The van der Waals surface area contributed by atoms with Gasteiger partial charge >= 0.3 is 12.3 Å². The lowest BCUT2D eigenvalue weighted by atomic mass is 9.82. The first-order valence-electron chi connectivity index (χ1n) is 10.7. The smallest absolute Gasteiger partial charge is 0.416 e. The maximum atomic E-state index is 12.6. The van der Waals surface area contributed by atoms with E-state index in [2.05, 4.69) is 10.6 Å². The second-order valence-electron chi connectivity index (χ2n) is 8.14. The summed E-state index contributed by atoms with van der Waals surface area (Å²) in [7, 11) is 1.54. The minimum Gasteiger partial charge on any atom is -0.497 e.